The maximum absolute atomic E-state index is 13.2. The molecule has 1 amide bonds. The number of nitrogens with zero attached hydrogens (tertiary/aromatic N) is 6. The molecule has 1 fully saturated rings. The van der Waals surface area contributed by atoms with Crippen LogP contribution in [0.5, 0.6) is 11.5 Å². The highest BCUT2D eigenvalue weighted by Crippen LogP contribution is 2.30. The largest absolute Gasteiger partial charge is 0.497 e. The fourth-order valence-electron chi connectivity index (χ4n) is 4.95. The number of aromatic nitrogens is 5. The lowest BCUT2D eigenvalue weighted by Crippen LogP contribution is -2.38. The average molecular weight is 489 g/mol. The van der Waals surface area contributed by atoms with Crippen LogP contribution in [0.15, 0.2) is 48.8 Å². The summed E-state index contributed by atoms with van der Waals surface area (Å²) in [5, 5.41) is 8.48. The molecule has 1 aliphatic rings. The second-order valence-corrected chi connectivity index (χ2v) is 9.53. The van der Waals surface area contributed by atoms with Crippen LogP contribution in [0.3, 0.4) is 0 Å². The third-order valence-corrected chi connectivity index (χ3v) is 6.87. The predicted molar refractivity (Wildman–Crippen MR) is 137 cm³/mol. The molecule has 5 rings (SSSR count). The van der Waals surface area contributed by atoms with Gasteiger partial charge in [0.1, 0.15) is 22.8 Å². The Hall–Kier alpha value is -3.88. The molecule has 2 aromatic heterocycles. The summed E-state index contributed by atoms with van der Waals surface area (Å²) in [5.41, 5.74) is 3.44. The highest BCUT2D eigenvalue weighted by atomic mass is 16.5. The van der Waals surface area contributed by atoms with E-state index in [9.17, 15) is 4.79 Å². The molecule has 9 nitrogen and oxygen atoms in total. The van der Waals surface area contributed by atoms with E-state index in [-0.39, 0.29) is 11.9 Å². The molecule has 36 heavy (non-hydrogen) atoms. The van der Waals surface area contributed by atoms with Gasteiger partial charge in [-0.25, -0.2) is 9.67 Å². The van der Waals surface area contributed by atoms with Gasteiger partial charge in [0.15, 0.2) is 0 Å². The highest BCUT2D eigenvalue weighted by Gasteiger charge is 2.27. The van der Waals surface area contributed by atoms with Gasteiger partial charge in [-0.1, -0.05) is 5.21 Å². The van der Waals surface area contributed by atoms with Crippen LogP contribution in [0.2, 0.25) is 0 Å². The minimum atomic E-state index is 0.0428. The van der Waals surface area contributed by atoms with Crippen LogP contribution in [-0.2, 0) is 6.54 Å². The molecule has 0 atom stereocenters. The zero-order valence-corrected chi connectivity index (χ0v) is 21.2. The summed E-state index contributed by atoms with van der Waals surface area (Å²) < 4.78 is 14.9. The number of piperidine rings is 1. The first-order chi connectivity index (χ1) is 17.5. The molecular formula is C27H32N6O3. The van der Waals surface area contributed by atoms with Crippen molar-refractivity contribution in [3.63, 3.8) is 0 Å². The van der Waals surface area contributed by atoms with Gasteiger partial charge in [0.25, 0.3) is 5.91 Å². The molecule has 1 saturated heterocycles. The number of hydrogen-bond acceptors (Lipinski definition) is 6. The van der Waals surface area contributed by atoms with E-state index in [2.05, 4.69) is 33.7 Å². The number of ether oxygens (including phenoxy) is 2. The number of hydrogen-bond donors (Lipinski definition) is 0. The van der Waals surface area contributed by atoms with Gasteiger partial charge in [-0.2, -0.15) is 0 Å². The number of benzene rings is 2. The molecule has 2 aromatic carbocycles. The van der Waals surface area contributed by atoms with E-state index < -0.39 is 0 Å². The second-order valence-electron chi connectivity index (χ2n) is 9.53. The van der Waals surface area contributed by atoms with Crippen molar-refractivity contribution >= 4 is 16.9 Å². The standard InChI is InChI=1S/C27H32N6O3/c1-18(2)33-25-6-5-21(15-24(25)29-30-33)27(34)31-10-7-20(8-11-31)26-28-9-12-32(26)17-19-13-22(35-3)16-23(14-19)36-4/h5-6,9,12-16,18,20H,7-8,10-11,17H2,1-4H3. The SMILES string of the molecule is COc1cc(Cn2ccnc2C2CCN(C(=O)c3ccc4c(c3)nnn4C(C)C)CC2)cc(OC)c1. The number of carbonyl (C=O) groups is 1. The van der Waals surface area contributed by atoms with Crippen molar-refractivity contribution in [3.05, 3.63) is 65.7 Å². The van der Waals surface area contributed by atoms with Gasteiger partial charge < -0.3 is 18.9 Å². The molecule has 0 bridgehead atoms. The zero-order chi connectivity index (χ0) is 25.2. The Morgan fingerprint density at radius 3 is 2.44 bits per heavy atom. The fraction of sp³-hybridized carbons (Fsp3) is 0.407. The molecule has 0 radical (unpaired) electrons. The first-order valence-electron chi connectivity index (χ1n) is 12.3. The molecular weight excluding hydrogens is 456 g/mol. The van der Waals surface area contributed by atoms with Crippen LogP contribution in [0, 0.1) is 0 Å². The predicted octanol–water partition coefficient (Wildman–Crippen LogP) is 4.29. The van der Waals surface area contributed by atoms with Crippen molar-refractivity contribution in [1.82, 2.24) is 29.4 Å². The van der Waals surface area contributed by atoms with Gasteiger partial charge in [-0.05, 0) is 62.6 Å². The number of rotatable bonds is 7. The van der Waals surface area contributed by atoms with E-state index in [1.165, 1.54) is 0 Å². The van der Waals surface area contributed by atoms with E-state index in [0.717, 1.165) is 46.8 Å². The lowest BCUT2D eigenvalue weighted by molar-refractivity contribution is 0.0710. The summed E-state index contributed by atoms with van der Waals surface area (Å²) in [5.74, 6) is 2.92. The molecule has 3 heterocycles. The van der Waals surface area contributed by atoms with Crippen LogP contribution in [0.4, 0.5) is 0 Å². The van der Waals surface area contributed by atoms with Crippen molar-refractivity contribution in [3.8, 4) is 11.5 Å². The van der Waals surface area contributed by atoms with E-state index >= 15 is 0 Å². The Bertz CT molecular complexity index is 1340. The van der Waals surface area contributed by atoms with Crippen LogP contribution < -0.4 is 9.47 Å². The fourth-order valence-corrected chi connectivity index (χ4v) is 4.95. The number of methoxy groups -OCH3 is 2. The molecule has 0 N–H and O–H groups in total. The molecule has 1 aliphatic heterocycles. The van der Waals surface area contributed by atoms with Gasteiger partial charge in [0.2, 0.25) is 0 Å². The summed E-state index contributed by atoms with van der Waals surface area (Å²) in [4.78, 5) is 19.8. The normalized spacial score (nSPS) is 14.5. The van der Waals surface area contributed by atoms with Crippen molar-refractivity contribution in [2.24, 2.45) is 0 Å². The van der Waals surface area contributed by atoms with Crippen LogP contribution in [0.1, 0.15) is 60.4 Å². The van der Waals surface area contributed by atoms with Gasteiger partial charge in [-0.3, -0.25) is 4.79 Å². The van der Waals surface area contributed by atoms with Crippen molar-refractivity contribution in [1.29, 1.82) is 0 Å². The van der Waals surface area contributed by atoms with Crippen LogP contribution in [0.25, 0.3) is 11.0 Å². The van der Waals surface area contributed by atoms with E-state index in [4.69, 9.17) is 9.47 Å². The molecule has 188 valence electrons. The highest BCUT2D eigenvalue weighted by molar-refractivity contribution is 5.97. The Kier molecular flexibility index (Phi) is 6.63. The molecule has 0 aliphatic carbocycles. The molecule has 9 heteroatoms. The molecule has 0 unspecified atom stereocenters. The number of fused-ring (bicyclic) bond motifs is 1. The summed E-state index contributed by atoms with van der Waals surface area (Å²) in [6, 6.07) is 11.8. The van der Waals surface area contributed by atoms with Gasteiger partial charge >= 0.3 is 0 Å². The first-order valence-corrected chi connectivity index (χ1v) is 12.3. The second kappa shape index (κ2) is 10.0. The third kappa shape index (κ3) is 4.65. The third-order valence-electron chi connectivity index (χ3n) is 6.87. The lowest BCUT2D eigenvalue weighted by Gasteiger charge is -2.32. The topological polar surface area (TPSA) is 87.3 Å². The Labute approximate surface area is 210 Å². The van der Waals surface area contributed by atoms with Gasteiger partial charge in [0, 0.05) is 55.6 Å². The Morgan fingerprint density at radius 2 is 1.78 bits per heavy atom. The van der Waals surface area contributed by atoms with Gasteiger partial charge in [-0.15, -0.1) is 5.10 Å². The summed E-state index contributed by atoms with van der Waals surface area (Å²) in [7, 11) is 3.31. The minimum Gasteiger partial charge on any atom is -0.497 e. The number of amides is 1. The quantitative estimate of drug-likeness (QED) is 0.386. The Morgan fingerprint density at radius 1 is 1.06 bits per heavy atom. The molecule has 4 aromatic rings. The van der Waals surface area contributed by atoms with Crippen molar-refractivity contribution in [2.75, 3.05) is 27.3 Å². The monoisotopic (exact) mass is 488 g/mol. The average Bonchev–Trinajstić information content (AvgIpc) is 3.54. The summed E-state index contributed by atoms with van der Waals surface area (Å²) >= 11 is 0. The Balaban J connectivity index is 1.26. The first kappa shape index (κ1) is 23.8. The maximum atomic E-state index is 13.2. The van der Waals surface area contributed by atoms with Crippen molar-refractivity contribution in [2.45, 2.75) is 45.2 Å². The molecule has 0 spiro atoms. The zero-order valence-electron chi connectivity index (χ0n) is 21.2. The van der Waals surface area contributed by atoms with Crippen LogP contribution in [-0.4, -0.2) is 62.7 Å². The van der Waals surface area contributed by atoms with Crippen LogP contribution >= 0.6 is 0 Å². The summed E-state index contributed by atoms with van der Waals surface area (Å²) in [6.45, 7) is 6.20. The van der Waals surface area contributed by atoms with E-state index in [0.29, 0.717) is 31.1 Å². The molecule has 0 saturated carbocycles. The lowest BCUT2D eigenvalue weighted by atomic mass is 9.95. The minimum absolute atomic E-state index is 0.0428. The smallest absolute Gasteiger partial charge is 0.253 e. The van der Waals surface area contributed by atoms with Gasteiger partial charge in [0.05, 0.1) is 19.7 Å². The number of carbonyl (C=O) groups excluding carboxylic acids is 1. The number of likely N-dealkylation sites (tertiary alicyclic amines) is 1. The van der Waals surface area contributed by atoms with E-state index in [1.54, 1.807) is 14.2 Å². The summed E-state index contributed by atoms with van der Waals surface area (Å²) in [6.07, 6.45) is 5.61. The van der Waals surface area contributed by atoms with Crippen molar-refractivity contribution < 1.29 is 14.3 Å². The van der Waals surface area contributed by atoms with E-state index in [1.807, 2.05) is 58.4 Å². The number of imidazole rings is 1. The maximum Gasteiger partial charge on any atom is 0.253 e.